The molecule has 1 aromatic heterocycles. The topological polar surface area (TPSA) is 69.0 Å². The van der Waals surface area contributed by atoms with Crippen LogP contribution in [0.1, 0.15) is 30.7 Å². The molecule has 144 valence electrons. The number of nitrogens with zero attached hydrogens (tertiary/aromatic N) is 3. The van der Waals surface area contributed by atoms with Crippen molar-refractivity contribution in [3.63, 3.8) is 0 Å². The van der Waals surface area contributed by atoms with Crippen LogP contribution in [-0.4, -0.2) is 27.8 Å². The highest BCUT2D eigenvalue weighted by molar-refractivity contribution is 5.91. The van der Waals surface area contributed by atoms with Crippen LogP contribution in [0.2, 0.25) is 0 Å². The summed E-state index contributed by atoms with van der Waals surface area (Å²) in [7, 11) is 1.64. The van der Waals surface area contributed by atoms with Crippen LogP contribution in [0.25, 0.3) is 11.4 Å². The van der Waals surface area contributed by atoms with Crippen molar-refractivity contribution in [2.45, 2.75) is 38.6 Å². The minimum atomic E-state index is 0.00317. The lowest BCUT2D eigenvalue weighted by Gasteiger charge is -2.14. The van der Waals surface area contributed by atoms with Gasteiger partial charge >= 0.3 is 0 Å². The monoisotopic (exact) mass is 376 g/mol. The Bertz CT molecular complexity index is 946. The maximum absolute atomic E-state index is 12.3. The Balaban J connectivity index is 1.35. The zero-order chi connectivity index (χ0) is 19.3. The second kappa shape index (κ2) is 8.25. The van der Waals surface area contributed by atoms with Crippen LogP contribution in [0.3, 0.4) is 0 Å². The van der Waals surface area contributed by atoms with Gasteiger partial charge in [-0.25, -0.2) is 0 Å². The van der Waals surface area contributed by atoms with Gasteiger partial charge in [-0.15, -0.1) is 10.2 Å². The molecule has 2 aromatic carbocycles. The lowest BCUT2D eigenvalue weighted by Crippen LogP contribution is -2.12. The van der Waals surface area contributed by atoms with E-state index in [4.69, 9.17) is 4.74 Å². The first-order chi connectivity index (χ1) is 13.7. The Morgan fingerprint density at radius 1 is 1.07 bits per heavy atom. The standard InChI is InChI=1S/C22H24N4O2/c1-28-19-12-5-16(6-13-19)7-14-21(27)23-18-10-8-17(9-11-18)22-25-24-20-4-2-3-15-26(20)22/h5-6,8-13H,2-4,7,14-15H2,1H3,(H,23,27). The summed E-state index contributed by atoms with van der Waals surface area (Å²) in [6.07, 6.45) is 4.47. The van der Waals surface area contributed by atoms with Gasteiger partial charge in [0.2, 0.25) is 5.91 Å². The molecule has 1 N–H and O–H groups in total. The van der Waals surface area contributed by atoms with Crippen LogP contribution in [0.4, 0.5) is 5.69 Å². The number of aromatic nitrogens is 3. The van der Waals surface area contributed by atoms with Gasteiger partial charge in [-0.2, -0.15) is 0 Å². The van der Waals surface area contributed by atoms with Crippen LogP contribution < -0.4 is 10.1 Å². The van der Waals surface area contributed by atoms with E-state index in [1.54, 1.807) is 7.11 Å². The summed E-state index contributed by atoms with van der Waals surface area (Å²) in [6.45, 7) is 0.974. The van der Waals surface area contributed by atoms with Gasteiger partial charge in [-0.05, 0) is 61.2 Å². The van der Waals surface area contributed by atoms with Crippen molar-refractivity contribution >= 4 is 11.6 Å². The zero-order valence-corrected chi connectivity index (χ0v) is 16.0. The number of benzene rings is 2. The Morgan fingerprint density at radius 3 is 2.61 bits per heavy atom. The van der Waals surface area contributed by atoms with Crippen LogP contribution in [-0.2, 0) is 24.2 Å². The summed E-state index contributed by atoms with van der Waals surface area (Å²) in [5, 5.41) is 11.6. The molecule has 1 aliphatic heterocycles. The Hall–Kier alpha value is -3.15. The quantitative estimate of drug-likeness (QED) is 0.709. The summed E-state index contributed by atoms with van der Waals surface area (Å²) >= 11 is 0. The number of amides is 1. The zero-order valence-electron chi connectivity index (χ0n) is 16.0. The molecule has 0 radical (unpaired) electrons. The summed E-state index contributed by atoms with van der Waals surface area (Å²) in [5.74, 6) is 2.80. The smallest absolute Gasteiger partial charge is 0.224 e. The van der Waals surface area contributed by atoms with Crippen molar-refractivity contribution in [2.75, 3.05) is 12.4 Å². The molecular formula is C22H24N4O2. The molecule has 0 unspecified atom stereocenters. The van der Waals surface area contributed by atoms with E-state index >= 15 is 0 Å². The van der Waals surface area contributed by atoms with E-state index in [0.29, 0.717) is 12.8 Å². The van der Waals surface area contributed by atoms with E-state index in [0.717, 1.165) is 47.2 Å². The minimum Gasteiger partial charge on any atom is -0.497 e. The van der Waals surface area contributed by atoms with Gasteiger partial charge in [0, 0.05) is 30.6 Å². The third-order valence-corrected chi connectivity index (χ3v) is 5.09. The van der Waals surface area contributed by atoms with Crippen molar-refractivity contribution in [3.05, 3.63) is 59.9 Å². The van der Waals surface area contributed by atoms with Gasteiger partial charge in [-0.3, -0.25) is 4.79 Å². The van der Waals surface area contributed by atoms with E-state index in [9.17, 15) is 4.79 Å². The predicted molar refractivity (Wildman–Crippen MR) is 108 cm³/mol. The lowest BCUT2D eigenvalue weighted by atomic mass is 10.1. The summed E-state index contributed by atoms with van der Waals surface area (Å²) in [6, 6.07) is 15.6. The van der Waals surface area contributed by atoms with Gasteiger partial charge in [0.25, 0.3) is 0 Å². The fourth-order valence-electron chi connectivity index (χ4n) is 3.50. The number of rotatable bonds is 6. The highest BCUT2D eigenvalue weighted by Crippen LogP contribution is 2.24. The number of hydrogen-bond donors (Lipinski definition) is 1. The highest BCUT2D eigenvalue weighted by atomic mass is 16.5. The molecule has 0 saturated carbocycles. The Labute approximate surface area is 164 Å². The molecule has 3 aromatic rings. The molecular weight excluding hydrogens is 352 g/mol. The van der Waals surface area contributed by atoms with Gasteiger partial charge in [0.05, 0.1) is 7.11 Å². The van der Waals surface area contributed by atoms with Crippen LogP contribution in [0.5, 0.6) is 5.75 Å². The lowest BCUT2D eigenvalue weighted by molar-refractivity contribution is -0.116. The molecule has 0 fully saturated rings. The maximum atomic E-state index is 12.3. The summed E-state index contributed by atoms with van der Waals surface area (Å²) < 4.78 is 7.35. The number of carbonyl (C=O) groups excluding carboxylic acids is 1. The molecule has 0 aliphatic carbocycles. The largest absolute Gasteiger partial charge is 0.497 e. The predicted octanol–water partition coefficient (Wildman–Crippen LogP) is 3.86. The molecule has 0 saturated heterocycles. The van der Waals surface area contributed by atoms with Crippen LogP contribution >= 0.6 is 0 Å². The van der Waals surface area contributed by atoms with E-state index < -0.39 is 0 Å². The Morgan fingerprint density at radius 2 is 1.86 bits per heavy atom. The number of ether oxygens (including phenoxy) is 1. The second-order valence-corrected chi connectivity index (χ2v) is 7.02. The number of carbonyl (C=O) groups is 1. The number of anilines is 1. The SMILES string of the molecule is COc1ccc(CCC(=O)Nc2ccc(-c3nnc4n3CCCC4)cc2)cc1. The first kappa shape index (κ1) is 18.2. The number of hydrogen-bond acceptors (Lipinski definition) is 4. The fraction of sp³-hybridized carbons (Fsp3) is 0.318. The van der Waals surface area contributed by atoms with Crippen molar-refractivity contribution in [3.8, 4) is 17.1 Å². The van der Waals surface area contributed by atoms with E-state index in [1.807, 2.05) is 48.5 Å². The Kier molecular flexibility index (Phi) is 5.37. The normalized spacial score (nSPS) is 13.0. The summed E-state index contributed by atoms with van der Waals surface area (Å²) in [4.78, 5) is 12.3. The molecule has 0 spiro atoms. The average Bonchev–Trinajstić information content (AvgIpc) is 3.17. The van der Waals surface area contributed by atoms with Crippen LogP contribution in [0.15, 0.2) is 48.5 Å². The molecule has 2 heterocycles. The van der Waals surface area contributed by atoms with Crippen molar-refractivity contribution in [1.29, 1.82) is 0 Å². The maximum Gasteiger partial charge on any atom is 0.224 e. The van der Waals surface area contributed by atoms with Gasteiger partial charge < -0.3 is 14.6 Å². The van der Waals surface area contributed by atoms with Crippen LogP contribution in [0, 0.1) is 0 Å². The number of aryl methyl sites for hydroxylation is 2. The van der Waals surface area contributed by atoms with E-state index in [1.165, 1.54) is 12.8 Å². The van der Waals surface area contributed by atoms with Gasteiger partial charge in [0.1, 0.15) is 11.6 Å². The van der Waals surface area contributed by atoms with Gasteiger partial charge in [0.15, 0.2) is 5.82 Å². The van der Waals surface area contributed by atoms with Crippen molar-refractivity contribution in [2.24, 2.45) is 0 Å². The van der Waals surface area contributed by atoms with E-state index in [-0.39, 0.29) is 5.91 Å². The summed E-state index contributed by atoms with van der Waals surface area (Å²) in [5.41, 5.74) is 2.93. The molecule has 0 atom stereocenters. The second-order valence-electron chi connectivity index (χ2n) is 7.02. The van der Waals surface area contributed by atoms with Crippen molar-refractivity contribution < 1.29 is 9.53 Å². The third-order valence-electron chi connectivity index (χ3n) is 5.09. The average molecular weight is 376 g/mol. The first-order valence-corrected chi connectivity index (χ1v) is 9.68. The van der Waals surface area contributed by atoms with Crippen molar-refractivity contribution in [1.82, 2.24) is 14.8 Å². The van der Waals surface area contributed by atoms with E-state index in [2.05, 4.69) is 20.1 Å². The molecule has 4 rings (SSSR count). The van der Waals surface area contributed by atoms with Gasteiger partial charge in [-0.1, -0.05) is 12.1 Å². The fourth-order valence-corrected chi connectivity index (χ4v) is 3.50. The highest BCUT2D eigenvalue weighted by Gasteiger charge is 2.16. The molecule has 6 heteroatoms. The number of nitrogens with one attached hydrogen (secondary N) is 1. The third kappa shape index (κ3) is 4.06. The first-order valence-electron chi connectivity index (χ1n) is 9.68. The molecule has 1 amide bonds. The molecule has 28 heavy (non-hydrogen) atoms. The molecule has 6 nitrogen and oxygen atoms in total. The minimum absolute atomic E-state index is 0.00317. The molecule has 0 bridgehead atoms. The number of methoxy groups -OCH3 is 1. The number of fused-ring (bicyclic) bond motifs is 1. The molecule has 1 aliphatic rings.